The van der Waals surface area contributed by atoms with Crippen LogP contribution in [-0.4, -0.2) is 31.4 Å². The van der Waals surface area contributed by atoms with E-state index in [-0.39, 0.29) is 13.0 Å². The summed E-state index contributed by atoms with van der Waals surface area (Å²) in [5.41, 5.74) is 4.05. The fourth-order valence-corrected chi connectivity index (χ4v) is 1.87. The van der Waals surface area contributed by atoms with Gasteiger partial charge in [0.25, 0.3) is 0 Å². The fraction of sp³-hybridized carbons (Fsp3) is 0.727. The Hall–Kier alpha value is -1.43. The van der Waals surface area contributed by atoms with Crippen LogP contribution in [0, 0.1) is 0 Å². The van der Waals surface area contributed by atoms with Gasteiger partial charge in [-0.1, -0.05) is 26.2 Å². The first-order chi connectivity index (χ1) is 8.06. The zero-order valence-electron chi connectivity index (χ0n) is 10.2. The monoisotopic (exact) mass is 240 g/mol. The number of hydrogen-bond acceptors (Lipinski definition) is 4. The first-order valence-electron chi connectivity index (χ1n) is 5.89. The highest BCUT2D eigenvalue weighted by molar-refractivity contribution is 5.74. The third-order valence-corrected chi connectivity index (χ3v) is 2.67. The van der Waals surface area contributed by atoms with Crippen molar-refractivity contribution in [1.82, 2.24) is 14.8 Å². The third-order valence-electron chi connectivity index (χ3n) is 2.67. The van der Waals surface area contributed by atoms with E-state index in [9.17, 15) is 9.90 Å². The van der Waals surface area contributed by atoms with Crippen LogP contribution >= 0.6 is 0 Å². The summed E-state index contributed by atoms with van der Waals surface area (Å²) in [5.74, 6) is -0.496. The quantitative estimate of drug-likeness (QED) is 0.646. The molecule has 0 aromatic carbocycles. The number of primary amides is 1. The third kappa shape index (κ3) is 4.95. The first-order valence-corrected chi connectivity index (χ1v) is 5.89. The molecular weight excluding hydrogens is 220 g/mol. The van der Waals surface area contributed by atoms with E-state index in [1.165, 1.54) is 17.3 Å². The maximum absolute atomic E-state index is 11.0. The van der Waals surface area contributed by atoms with Crippen LogP contribution in [0.15, 0.2) is 12.7 Å². The van der Waals surface area contributed by atoms with Gasteiger partial charge >= 0.3 is 0 Å². The molecule has 3 N–H and O–H groups in total. The minimum Gasteiger partial charge on any atom is -0.387 e. The summed E-state index contributed by atoms with van der Waals surface area (Å²) in [5, 5.41) is 14.3. The molecule has 1 rings (SSSR count). The van der Waals surface area contributed by atoms with Crippen molar-refractivity contribution < 1.29 is 9.90 Å². The average molecular weight is 240 g/mol. The number of carbonyl (C=O) groups is 1. The predicted octanol–water partition coefficient (Wildman–Crippen LogP) is 0.465. The molecule has 96 valence electrons. The Bertz CT molecular complexity index is 339. The van der Waals surface area contributed by atoms with Gasteiger partial charge in [-0.25, -0.2) is 4.98 Å². The Balaban J connectivity index is 2.60. The number of rotatable bonds is 8. The van der Waals surface area contributed by atoms with E-state index >= 15 is 0 Å². The molecule has 0 radical (unpaired) electrons. The maximum Gasteiger partial charge on any atom is 0.220 e. The molecule has 6 heteroatoms. The Labute approximate surface area is 101 Å². The number of nitrogens with two attached hydrogens (primary N) is 1. The second-order valence-corrected chi connectivity index (χ2v) is 4.42. The van der Waals surface area contributed by atoms with Gasteiger partial charge in [-0.2, -0.15) is 5.10 Å². The van der Waals surface area contributed by atoms with Crippen molar-refractivity contribution in [2.75, 3.05) is 0 Å². The number of aromatic nitrogens is 3. The van der Waals surface area contributed by atoms with E-state index in [2.05, 4.69) is 17.0 Å². The lowest BCUT2D eigenvalue weighted by molar-refractivity contribution is -0.124. The highest BCUT2D eigenvalue weighted by Crippen LogP contribution is 2.21. The van der Waals surface area contributed by atoms with Gasteiger partial charge in [-0.15, -0.1) is 0 Å². The summed E-state index contributed by atoms with van der Waals surface area (Å²) in [6, 6.07) is 0. The fourth-order valence-electron chi connectivity index (χ4n) is 1.87. The highest BCUT2D eigenvalue weighted by atomic mass is 16.3. The largest absolute Gasteiger partial charge is 0.387 e. The van der Waals surface area contributed by atoms with E-state index in [0.717, 1.165) is 19.3 Å². The molecule has 1 aromatic rings. The zero-order valence-corrected chi connectivity index (χ0v) is 10.2. The topological polar surface area (TPSA) is 94.0 Å². The number of hydrogen-bond donors (Lipinski definition) is 2. The number of nitrogens with zero attached hydrogens (tertiary/aromatic N) is 3. The second kappa shape index (κ2) is 6.34. The van der Waals surface area contributed by atoms with Crippen LogP contribution in [0.2, 0.25) is 0 Å². The van der Waals surface area contributed by atoms with Gasteiger partial charge in [0.2, 0.25) is 5.91 Å². The number of unbranched alkanes of at least 4 members (excludes halogenated alkanes) is 2. The van der Waals surface area contributed by atoms with Crippen LogP contribution in [-0.2, 0) is 11.3 Å². The summed E-state index contributed by atoms with van der Waals surface area (Å²) < 4.78 is 1.52. The summed E-state index contributed by atoms with van der Waals surface area (Å²) in [4.78, 5) is 14.8. The van der Waals surface area contributed by atoms with Crippen LogP contribution < -0.4 is 5.73 Å². The molecule has 6 nitrogen and oxygen atoms in total. The lowest BCUT2D eigenvalue weighted by atomic mass is 9.92. The minimum absolute atomic E-state index is 0.0451. The lowest BCUT2D eigenvalue weighted by Gasteiger charge is -2.26. The zero-order chi connectivity index (χ0) is 12.7. The second-order valence-electron chi connectivity index (χ2n) is 4.42. The Morgan fingerprint density at radius 1 is 1.53 bits per heavy atom. The summed E-state index contributed by atoms with van der Waals surface area (Å²) in [7, 11) is 0. The number of aliphatic hydroxyl groups is 1. The normalized spacial score (nSPS) is 14.5. The molecule has 0 aliphatic carbocycles. The molecule has 0 saturated heterocycles. The average Bonchev–Trinajstić information content (AvgIpc) is 2.69. The SMILES string of the molecule is CCCCCC(O)(CC(N)=O)Cn1cncn1. The smallest absolute Gasteiger partial charge is 0.220 e. The van der Waals surface area contributed by atoms with Crippen molar-refractivity contribution >= 4 is 5.91 Å². The van der Waals surface area contributed by atoms with Crippen LogP contribution in [0.5, 0.6) is 0 Å². The Kier molecular flexibility index (Phi) is 5.09. The summed E-state index contributed by atoms with van der Waals surface area (Å²) in [6.45, 7) is 2.34. The van der Waals surface area contributed by atoms with Gasteiger partial charge in [0.15, 0.2) is 0 Å². The molecule has 0 fully saturated rings. The van der Waals surface area contributed by atoms with E-state index in [1.807, 2.05) is 0 Å². The van der Waals surface area contributed by atoms with Crippen LogP contribution in [0.1, 0.15) is 39.0 Å². The molecule has 1 heterocycles. The lowest BCUT2D eigenvalue weighted by Crippen LogP contribution is -2.39. The van der Waals surface area contributed by atoms with Crippen molar-refractivity contribution in [3.8, 4) is 0 Å². The molecule has 17 heavy (non-hydrogen) atoms. The minimum atomic E-state index is -1.12. The van der Waals surface area contributed by atoms with Crippen molar-refractivity contribution in [2.45, 2.75) is 51.2 Å². The Morgan fingerprint density at radius 3 is 2.82 bits per heavy atom. The molecule has 1 unspecified atom stereocenters. The van der Waals surface area contributed by atoms with Crippen LogP contribution in [0.25, 0.3) is 0 Å². The summed E-state index contributed by atoms with van der Waals surface area (Å²) >= 11 is 0. The standard InChI is InChI=1S/C11H20N4O2/c1-2-3-4-5-11(17,6-10(12)16)7-15-9-13-8-14-15/h8-9,17H,2-7H2,1H3,(H2,12,16). The molecule has 0 spiro atoms. The van der Waals surface area contributed by atoms with E-state index in [4.69, 9.17) is 5.73 Å². The predicted molar refractivity (Wildman–Crippen MR) is 62.9 cm³/mol. The maximum atomic E-state index is 11.0. The molecule has 1 aromatic heterocycles. The van der Waals surface area contributed by atoms with Crippen LogP contribution in [0.4, 0.5) is 0 Å². The van der Waals surface area contributed by atoms with Crippen molar-refractivity contribution in [2.24, 2.45) is 5.73 Å². The number of carbonyl (C=O) groups excluding carboxylic acids is 1. The first kappa shape index (κ1) is 13.6. The summed E-state index contributed by atoms with van der Waals surface area (Å²) in [6.07, 6.45) is 6.38. The van der Waals surface area contributed by atoms with Gasteiger partial charge < -0.3 is 10.8 Å². The van der Waals surface area contributed by atoms with Crippen molar-refractivity contribution in [1.29, 1.82) is 0 Å². The molecule has 0 aliphatic heterocycles. The molecule has 0 aliphatic rings. The Morgan fingerprint density at radius 2 is 2.29 bits per heavy atom. The van der Waals surface area contributed by atoms with Gasteiger partial charge in [0.05, 0.1) is 18.6 Å². The molecule has 1 amide bonds. The molecule has 1 atom stereocenters. The van der Waals surface area contributed by atoms with Gasteiger partial charge in [-0.05, 0) is 6.42 Å². The van der Waals surface area contributed by atoms with Crippen molar-refractivity contribution in [3.05, 3.63) is 12.7 Å². The van der Waals surface area contributed by atoms with E-state index in [1.54, 1.807) is 0 Å². The van der Waals surface area contributed by atoms with Gasteiger partial charge in [0, 0.05) is 0 Å². The van der Waals surface area contributed by atoms with Gasteiger partial charge in [0.1, 0.15) is 12.7 Å². The molecule has 0 saturated carbocycles. The van der Waals surface area contributed by atoms with E-state index < -0.39 is 11.5 Å². The van der Waals surface area contributed by atoms with Gasteiger partial charge in [-0.3, -0.25) is 9.48 Å². The van der Waals surface area contributed by atoms with E-state index in [0.29, 0.717) is 6.42 Å². The molecule has 0 bridgehead atoms. The van der Waals surface area contributed by atoms with Crippen molar-refractivity contribution in [3.63, 3.8) is 0 Å². The highest BCUT2D eigenvalue weighted by Gasteiger charge is 2.29. The van der Waals surface area contributed by atoms with Crippen LogP contribution in [0.3, 0.4) is 0 Å². The number of amides is 1. The molecular formula is C11H20N4O2.